The average molecular weight is 354 g/mol. The summed E-state index contributed by atoms with van der Waals surface area (Å²) < 4.78 is 11.7. The number of hydrogen-bond donors (Lipinski definition) is 0. The largest absolute Gasteiger partial charge is 0.461 e. The third-order valence-electron chi connectivity index (χ3n) is 4.75. The molecule has 0 atom stereocenters. The number of benzene rings is 2. The second kappa shape index (κ2) is 7.40. The van der Waals surface area contributed by atoms with E-state index in [0.717, 1.165) is 65.6 Å². The lowest BCUT2D eigenvalue weighted by molar-refractivity contribution is 0.509. The Bertz CT molecular complexity index is 1090. The van der Waals surface area contributed by atoms with Crippen LogP contribution in [0.25, 0.3) is 21.9 Å². The van der Waals surface area contributed by atoms with Crippen molar-refractivity contribution in [1.29, 1.82) is 10.5 Å². The van der Waals surface area contributed by atoms with Crippen molar-refractivity contribution in [3.63, 3.8) is 0 Å². The van der Waals surface area contributed by atoms with Crippen molar-refractivity contribution in [3.8, 4) is 12.1 Å². The molecule has 2 aromatic carbocycles. The summed E-state index contributed by atoms with van der Waals surface area (Å²) in [7, 11) is 0. The second-order valence-corrected chi connectivity index (χ2v) is 6.71. The highest BCUT2D eigenvalue weighted by molar-refractivity contribution is 5.80. The summed E-state index contributed by atoms with van der Waals surface area (Å²) in [5.41, 5.74) is 2.80. The van der Waals surface area contributed by atoms with Gasteiger partial charge in [0, 0.05) is 23.6 Å². The Morgan fingerprint density at radius 1 is 0.630 bits per heavy atom. The Morgan fingerprint density at radius 2 is 1.11 bits per heavy atom. The molecule has 0 aliphatic rings. The molecule has 4 nitrogen and oxygen atoms in total. The van der Waals surface area contributed by atoms with Gasteiger partial charge >= 0.3 is 0 Å². The predicted molar refractivity (Wildman–Crippen MR) is 103 cm³/mol. The molecule has 0 saturated carbocycles. The summed E-state index contributed by atoms with van der Waals surface area (Å²) in [6, 6.07) is 19.5. The van der Waals surface area contributed by atoms with Crippen LogP contribution in [0.15, 0.2) is 57.4 Å². The van der Waals surface area contributed by atoms with Crippen LogP contribution < -0.4 is 0 Å². The minimum Gasteiger partial charge on any atom is -0.461 e. The maximum Gasteiger partial charge on any atom is 0.135 e. The van der Waals surface area contributed by atoms with Gasteiger partial charge in [0.25, 0.3) is 0 Å². The number of rotatable bonds is 6. The van der Waals surface area contributed by atoms with Crippen molar-refractivity contribution in [2.24, 2.45) is 0 Å². The molecular formula is C23H18N2O2. The van der Waals surface area contributed by atoms with Gasteiger partial charge in [0.1, 0.15) is 22.7 Å². The molecule has 0 N–H and O–H groups in total. The second-order valence-electron chi connectivity index (χ2n) is 6.71. The van der Waals surface area contributed by atoms with Gasteiger partial charge in [-0.25, -0.2) is 0 Å². The SMILES string of the molecule is N#Cc1ccc2cc(CCCCCc3cc4ccc(C#N)cc4o3)oc2c1. The molecule has 0 aliphatic heterocycles. The van der Waals surface area contributed by atoms with Crippen molar-refractivity contribution in [2.45, 2.75) is 32.1 Å². The lowest BCUT2D eigenvalue weighted by Crippen LogP contribution is -1.86. The first kappa shape index (κ1) is 16.9. The molecule has 4 rings (SSSR count). The molecule has 2 aromatic heterocycles. The van der Waals surface area contributed by atoms with E-state index in [1.54, 1.807) is 12.1 Å². The zero-order chi connectivity index (χ0) is 18.6. The highest BCUT2D eigenvalue weighted by atomic mass is 16.3. The van der Waals surface area contributed by atoms with Crippen LogP contribution in [-0.2, 0) is 12.8 Å². The van der Waals surface area contributed by atoms with E-state index >= 15 is 0 Å². The Labute approximate surface area is 157 Å². The fraction of sp³-hybridized carbons (Fsp3) is 0.217. The molecule has 0 unspecified atom stereocenters. The molecule has 0 fully saturated rings. The van der Waals surface area contributed by atoms with Crippen molar-refractivity contribution < 1.29 is 8.83 Å². The Morgan fingerprint density at radius 3 is 1.56 bits per heavy atom. The summed E-state index contributed by atoms with van der Waals surface area (Å²) >= 11 is 0. The van der Waals surface area contributed by atoms with E-state index in [1.165, 1.54) is 0 Å². The van der Waals surface area contributed by atoms with Crippen molar-refractivity contribution in [1.82, 2.24) is 0 Å². The van der Waals surface area contributed by atoms with Crippen LogP contribution in [0.2, 0.25) is 0 Å². The monoisotopic (exact) mass is 354 g/mol. The molecule has 0 radical (unpaired) electrons. The van der Waals surface area contributed by atoms with Crippen LogP contribution in [0.4, 0.5) is 0 Å². The fourth-order valence-corrected chi connectivity index (χ4v) is 3.33. The molecule has 0 amide bonds. The van der Waals surface area contributed by atoms with Gasteiger partial charge in [0.2, 0.25) is 0 Å². The van der Waals surface area contributed by atoms with Crippen LogP contribution in [0.5, 0.6) is 0 Å². The van der Waals surface area contributed by atoms with Gasteiger partial charge in [-0.1, -0.05) is 6.42 Å². The molecule has 0 bridgehead atoms. The minimum atomic E-state index is 0.621. The maximum atomic E-state index is 8.96. The van der Waals surface area contributed by atoms with Crippen molar-refractivity contribution >= 4 is 21.9 Å². The maximum absolute atomic E-state index is 8.96. The summed E-state index contributed by atoms with van der Waals surface area (Å²) in [4.78, 5) is 0. The highest BCUT2D eigenvalue weighted by Gasteiger charge is 2.07. The molecule has 0 spiro atoms. The Balaban J connectivity index is 1.29. The third kappa shape index (κ3) is 3.71. The van der Waals surface area contributed by atoms with Crippen LogP contribution in [0, 0.1) is 22.7 Å². The van der Waals surface area contributed by atoms with Gasteiger partial charge in [-0.3, -0.25) is 0 Å². The first-order chi connectivity index (χ1) is 13.2. The molecule has 4 heteroatoms. The molecular weight excluding hydrogens is 336 g/mol. The minimum absolute atomic E-state index is 0.621. The van der Waals surface area contributed by atoms with Crippen LogP contribution >= 0.6 is 0 Å². The Hall–Kier alpha value is -3.50. The van der Waals surface area contributed by atoms with Crippen molar-refractivity contribution in [2.75, 3.05) is 0 Å². The summed E-state index contributed by atoms with van der Waals surface area (Å²) in [6.45, 7) is 0. The lowest BCUT2D eigenvalue weighted by atomic mass is 10.1. The molecule has 27 heavy (non-hydrogen) atoms. The molecule has 4 aromatic rings. The smallest absolute Gasteiger partial charge is 0.135 e. The fourth-order valence-electron chi connectivity index (χ4n) is 3.33. The lowest BCUT2D eigenvalue weighted by Gasteiger charge is -1.98. The van der Waals surface area contributed by atoms with Gasteiger partial charge in [-0.05, 0) is 61.4 Å². The van der Waals surface area contributed by atoms with E-state index in [9.17, 15) is 0 Å². The number of nitriles is 2. The van der Waals surface area contributed by atoms with Gasteiger partial charge in [-0.15, -0.1) is 0 Å². The standard InChI is InChI=1S/C23H18N2O2/c24-14-16-6-8-18-12-20(26-22(18)10-16)4-2-1-3-5-21-13-19-9-7-17(15-25)11-23(19)27-21/h6-13H,1-5H2. The topological polar surface area (TPSA) is 73.9 Å². The van der Waals surface area contributed by atoms with E-state index in [-0.39, 0.29) is 0 Å². The van der Waals surface area contributed by atoms with Gasteiger partial charge in [0.15, 0.2) is 0 Å². The van der Waals surface area contributed by atoms with E-state index in [2.05, 4.69) is 24.3 Å². The number of nitrogens with zero attached hydrogens (tertiary/aromatic N) is 2. The zero-order valence-electron chi connectivity index (χ0n) is 14.9. The van der Waals surface area contributed by atoms with Gasteiger partial charge < -0.3 is 8.83 Å². The van der Waals surface area contributed by atoms with Gasteiger partial charge in [0.05, 0.1) is 23.3 Å². The number of fused-ring (bicyclic) bond motifs is 2. The molecule has 0 saturated heterocycles. The summed E-state index contributed by atoms with van der Waals surface area (Å²) in [5, 5.41) is 20.0. The van der Waals surface area contributed by atoms with E-state index in [0.29, 0.717) is 11.1 Å². The Kier molecular flexibility index (Phi) is 4.64. The van der Waals surface area contributed by atoms with E-state index < -0.39 is 0 Å². The third-order valence-corrected chi connectivity index (χ3v) is 4.75. The molecule has 0 aliphatic carbocycles. The predicted octanol–water partition coefficient (Wildman–Crippen LogP) is 5.88. The summed E-state index contributed by atoms with van der Waals surface area (Å²) in [5.74, 6) is 1.93. The number of unbranched alkanes of at least 4 members (excludes halogenated alkanes) is 2. The molecule has 132 valence electrons. The number of hydrogen-bond acceptors (Lipinski definition) is 4. The van der Waals surface area contributed by atoms with Gasteiger partial charge in [-0.2, -0.15) is 10.5 Å². The normalized spacial score (nSPS) is 10.9. The number of furan rings is 2. The summed E-state index contributed by atoms with van der Waals surface area (Å²) in [6.07, 6.45) is 4.96. The molecule has 2 heterocycles. The van der Waals surface area contributed by atoms with Crippen molar-refractivity contribution in [3.05, 3.63) is 71.2 Å². The van der Waals surface area contributed by atoms with Crippen LogP contribution in [0.3, 0.4) is 0 Å². The highest BCUT2D eigenvalue weighted by Crippen LogP contribution is 2.24. The number of aryl methyl sites for hydroxylation is 2. The first-order valence-corrected chi connectivity index (χ1v) is 9.10. The van der Waals surface area contributed by atoms with Crippen LogP contribution in [0.1, 0.15) is 41.9 Å². The quantitative estimate of drug-likeness (QED) is 0.405. The first-order valence-electron chi connectivity index (χ1n) is 9.10. The average Bonchev–Trinajstić information content (AvgIpc) is 3.29. The van der Waals surface area contributed by atoms with Crippen LogP contribution in [-0.4, -0.2) is 0 Å². The van der Waals surface area contributed by atoms with E-state index in [4.69, 9.17) is 19.4 Å². The van der Waals surface area contributed by atoms with E-state index in [1.807, 2.05) is 24.3 Å². The zero-order valence-corrected chi connectivity index (χ0v) is 14.9.